The molecule has 2 rings (SSSR count). The van der Waals surface area contributed by atoms with Crippen molar-refractivity contribution < 1.29 is 5.11 Å². The van der Waals surface area contributed by atoms with Crippen LogP contribution in [0.15, 0.2) is 28.7 Å². The number of aromatic nitrogens is 2. The maximum absolute atomic E-state index is 9.26. The first-order chi connectivity index (χ1) is 8.11. The molecule has 0 unspecified atom stereocenters. The number of rotatable bonds is 3. The zero-order valence-corrected chi connectivity index (χ0v) is 11.5. The molecule has 1 aromatic heterocycles. The van der Waals surface area contributed by atoms with Crippen molar-refractivity contribution in [2.24, 2.45) is 0 Å². The number of hydrogen-bond acceptors (Lipinski definition) is 2. The molecule has 0 aliphatic rings. The van der Waals surface area contributed by atoms with Gasteiger partial charge in [-0.3, -0.25) is 4.68 Å². The molecule has 1 aromatic carbocycles. The van der Waals surface area contributed by atoms with Crippen LogP contribution in [0.4, 0.5) is 0 Å². The lowest BCUT2D eigenvalue weighted by atomic mass is 10.2. The third kappa shape index (κ3) is 2.58. The lowest BCUT2D eigenvalue weighted by molar-refractivity contribution is 0.280. The highest BCUT2D eigenvalue weighted by Gasteiger charge is 2.10. The van der Waals surface area contributed by atoms with E-state index in [0.29, 0.717) is 0 Å². The van der Waals surface area contributed by atoms with E-state index < -0.39 is 0 Å². The fourth-order valence-corrected chi connectivity index (χ4v) is 2.37. The minimum atomic E-state index is 0.0517. The van der Waals surface area contributed by atoms with Gasteiger partial charge in [0.25, 0.3) is 0 Å². The minimum absolute atomic E-state index is 0.0517. The van der Waals surface area contributed by atoms with E-state index in [2.05, 4.69) is 33.2 Å². The fourth-order valence-electron chi connectivity index (χ4n) is 1.93. The molecule has 1 N–H and O–H groups in total. The molecule has 0 saturated heterocycles. The van der Waals surface area contributed by atoms with Crippen molar-refractivity contribution in [2.45, 2.75) is 27.0 Å². The molecule has 4 heteroatoms. The van der Waals surface area contributed by atoms with Crippen LogP contribution in [-0.4, -0.2) is 14.9 Å². The van der Waals surface area contributed by atoms with Crippen LogP contribution >= 0.6 is 15.9 Å². The largest absolute Gasteiger partial charge is 0.392 e. The summed E-state index contributed by atoms with van der Waals surface area (Å²) in [6.07, 6.45) is 0. The van der Waals surface area contributed by atoms with Crippen molar-refractivity contribution in [1.82, 2.24) is 9.78 Å². The number of aryl methyl sites for hydroxylation is 1. The summed E-state index contributed by atoms with van der Waals surface area (Å²) in [6.45, 7) is 4.70. The van der Waals surface area contributed by atoms with E-state index in [9.17, 15) is 5.11 Å². The molecule has 0 atom stereocenters. The Morgan fingerprint density at radius 3 is 2.71 bits per heavy atom. The summed E-state index contributed by atoms with van der Waals surface area (Å²) < 4.78 is 3.00. The fraction of sp³-hybridized carbons (Fsp3) is 0.308. The van der Waals surface area contributed by atoms with Crippen molar-refractivity contribution in [3.63, 3.8) is 0 Å². The Hall–Kier alpha value is -1.13. The summed E-state index contributed by atoms with van der Waals surface area (Å²) in [5.74, 6) is 0. The topological polar surface area (TPSA) is 38.0 Å². The predicted octanol–water partition coefficient (Wildman–Crippen LogP) is 2.80. The standard InChI is InChI=1S/C13H15BrN2O/c1-9-13(8-17)10(2)16(15-9)7-11-4-3-5-12(14)6-11/h3-6,17H,7-8H2,1-2H3. The summed E-state index contributed by atoms with van der Waals surface area (Å²) in [6, 6.07) is 8.16. The molecule has 0 fully saturated rings. The molecule has 0 radical (unpaired) electrons. The van der Waals surface area contributed by atoms with Crippen LogP contribution < -0.4 is 0 Å². The number of nitrogens with zero attached hydrogens (tertiary/aromatic N) is 2. The highest BCUT2D eigenvalue weighted by atomic mass is 79.9. The van der Waals surface area contributed by atoms with Gasteiger partial charge in [-0.15, -0.1) is 0 Å². The molecule has 0 saturated carbocycles. The minimum Gasteiger partial charge on any atom is -0.392 e. The first-order valence-corrected chi connectivity index (χ1v) is 6.29. The van der Waals surface area contributed by atoms with Crippen LogP contribution in [0.3, 0.4) is 0 Å². The molecule has 2 aromatic rings. The van der Waals surface area contributed by atoms with Gasteiger partial charge in [-0.1, -0.05) is 28.1 Å². The quantitative estimate of drug-likeness (QED) is 0.945. The molecule has 1 heterocycles. The Bertz CT molecular complexity index is 534. The molecule has 0 aliphatic heterocycles. The van der Waals surface area contributed by atoms with Gasteiger partial charge in [-0.25, -0.2) is 0 Å². The number of aliphatic hydroxyl groups is 1. The smallest absolute Gasteiger partial charge is 0.0718 e. The van der Waals surface area contributed by atoms with Crippen LogP contribution in [0.25, 0.3) is 0 Å². The summed E-state index contributed by atoms with van der Waals surface area (Å²) in [5, 5.41) is 13.7. The number of benzene rings is 1. The molecular weight excluding hydrogens is 280 g/mol. The van der Waals surface area contributed by atoms with Gasteiger partial charge in [0.05, 0.1) is 18.8 Å². The molecule has 90 valence electrons. The van der Waals surface area contributed by atoms with E-state index in [-0.39, 0.29) is 6.61 Å². The second kappa shape index (κ2) is 5.02. The van der Waals surface area contributed by atoms with Gasteiger partial charge in [0.2, 0.25) is 0 Å². The SMILES string of the molecule is Cc1nn(Cc2cccc(Br)c2)c(C)c1CO. The summed E-state index contributed by atoms with van der Waals surface area (Å²) >= 11 is 3.46. The van der Waals surface area contributed by atoms with Crippen LogP contribution in [0.5, 0.6) is 0 Å². The lowest BCUT2D eigenvalue weighted by Gasteiger charge is -2.05. The van der Waals surface area contributed by atoms with Gasteiger partial charge < -0.3 is 5.11 Å². The van der Waals surface area contributed by atoms with Gasteiger partial charge in [0.1, 0.15) is 0 Å². The van der Waals surface area contributed by atoms with Crippen molar-refractivity contribution in [2.75, 3.05) is 0 Å². The first kappa shape index (κ1) is 12.3. The van der Waals surface area contributed by atoms with Gasteiger partial charge >= 0.3 is 0 Å². The Morgan fingerprint density at radius 1 is 1.35 bits per heavy atom. The molecule has 17 heavy (non-hydrogen) atoms. The monoisotopic (exact) mass is 294 g/mol. The number of halogens is 1. The number of hydrogen-bond donors (Lipinski definition) is 1. The van der Waals surface area contributed by atoms with Gasteiger partial charge in [-0.2, -0.15) is 5.10 Å². The Morgan fingerprint density at radius 2 is 2.12 bits per heavy atom. The van der Waals surface area contributed by atoms with Crippen LogP contribution in [-0.2, 0) is 13.2 Å². The lowest BCUT2D eigenvalue weighted by Crippen LogP contribution is -2.04. The summed E-state index contributed by atoms with van der Waals surface area (Å²) in [4.78, 5) is 0. The molecule has 0 amide bonds. The predicted molar refractivity (Wildman–Crippen MR) is 70.9 cm³/mol. The highest BCUT2D eigenvalue weighted by Crippen LogP contribution is 2.16. The van der Waals surface area contributed by atoms with Crippen LogP contribution in [0.1, 0.15) is 22.5 Å². The van der Waals surface area contributed by atoms with Crippen molar-refractivity contribution in [1.29, 1.82) is 0 Å². The molecule has 0 bridgehead atoms. The van der Waals surface area contributed by atoms with Gasteiger partial charge in [0.15, 0.2) is 0 Å². The zero-order valence-electron chi connectivity index (χ0n) is 9.94. The van der Waals surface area contributed by atoms with E-state index in [4.69, 9.17) is 0 Å². The van der Waals surface area contributed by atoms with E-state index >= 15 is 0 Å². The summed E-state index contributed by atoms with van der Waals surface area (Å²) in [5.41, 5.74) is 4.06. The number of aliphatic hydroxyl groups excluding tert-OH is 1. The highest BCUT2D eigenvalue weighted by molar-refractivity contribution is 9.10. The third-order valence-electron chi connectivity index (χ3n) is 2.91. The Labute approximate surface area is 109 Å². The molecule has 3 nitrogen and oxygen atoms in total. The van der Waals surface area contributed by atoms with E-state index in [1.165, 1.54) is 5.56 Å². The Kier molecular flexibility index (Phi) is 3.64. The second-order valence-electron chi connectivity index (χ2n) is 4.10. The van der Waals surface area contributed by atoms with E-state index in [0.717, 1.165) is 28.0 Å². The van der Waals surface area contributed by atoms with Gasteiger partial charge in [0, 0.05) is 15.7 Å². The van der Waals surface area contributed by atoms with Crippen molar-refractivity contribution >= 4 is 15.9 Å². The maximum atomic E-state index is 9.26. The van der Waals surface area contributed by atoms with Crippen molar-refractivity contribution in [3.8, 4) is 0 Å². The third-order valence-corrected chi connectivity index (χ3v) is 3.40. The van der Waals surface area contributed by atoms with Gasteiger partial charge in [-0.05, 0) is 31.5 Å². The van der Waals surface area contributed by atoms with E-state index in [1.807, 2.05) is 30.7 Å². The first-order valence-electron chi connectivity index (χ1n) is 5.50. The second-order valence-corrected chi connectivity index (χ2v) is 5.01. The molecular formula is C13H15BrN2O. The molecule has 0 aliphatic carbocycles. The van der Waals surface area contributed by atoms with Crippen LogP contribution in [0, 0.1) is 13.8 Å². The maximum Gasteiger partial charge on any atom is 0.0718 e. The summed E-state index contributed by atoms with van der Waals surface area (Å²) in [7, 11) is 0. The average Bonchev–Trinajstić information content (AvgIpc) is 2.54. The van der Waals surface area contributed by atoms with Crippen molar-refractivity contribution in [3.05, 3.63) is 51.3 Å². The average molecular weight is 295 g/mol. The zero-order chi connectivity index (χ0) is 12.4. The Balaban J connectivity index is 2.30. The molecule has 0 spiro atoms. The van der Waals surface area contributed by atoms with E-state index in [1.54, 1.807) is 0 Å². The van der Waals surface area contributed by atoms with Crippen LogP contribution in [0.2, 0.25) is 0 Å². The normalized spacial score (nSPS) is 10.8.